The van der Waals surface area contributed by atoms with Gasteiger partial charge in [-0.05, 0) is 43.4 Å². The molecular weight excluding hydrogens is 288 g/mol. The number of fused-ring (bicyclic) bond motifs is 1. The average Bonchev–Trinajstić information content (AvgIpc) is 3.15. The number of hydrogen-bond donors (Lipinski definition) is 3. The Labute approximate surface area is 134 Å². The first-order valence-electron chi connectivity index (χ1n) is 7.73. The number of nitrogen functional groups attached to an aromatic ring is 1. The fourth-order valence-corrected chi connectivity index (χ4v) is 3.02. The predicted molar refractivity (Wildman–Crippen MR) is 90.5 cm³/mol. The molecule has 0 radical (unpaired) electrons. The van der Waals surface area contributed by atoms with Gasteiger partial charge in [0, 0.05) is 17.3 Å². The molecule has 2 aromatic heterocycles. The number of hydrogen-bond acceptors (Lipinski definition) is 5. The highest BCUT2D eigenvalue weighted by Crippen LogP contribution is 2.29. The standard InChI is InChI=1S/C17H18N6/c1-10-7-14(23-22-10)20-15-9-19-16(17(18)21-15)13-6-5-11-3-2-4-12(11)8-13/h5-9H,2-4H2,1H3,(H4,18,20,21,22,23). The molecule has 2 heterocycles. The Morgan fingerprint density at radius 2 is 2.00 bits per heavy atom. The maximum absolute atomic E-state index is 6.12. The minimum atomic E-state index is 0.417. The zero-order valence-electron chi connectivity index (χ0n) is 12.9. The molecule has 6 heteroatoms. The first-order valence-corrected chi connectivity index (χ1v) is 7.73. The van der Waals surface area contributed by atoms with E-state index in [1.807, 2.05) is 13.0 Å². The highest BCUT2D eigenvalue weighted by molar-refractivity contribution is 5.72. The third-order valence-corrected chi connectivity index (χ3v) is 4.13. The van der Waals surface area contributed by atoms with Gasteiger partial charge in [0.2, 0.25) is 0 Å². The number of anilines is 3. The van der Waals surface area contributed by atoms with Crippen LogP contribution < -0.4 is 11.1 Å². The smallest absolute Gasteiger partial charge is 0.153 e. The van der Waals surface area contributed by atoms with Crippen molar-refractivity contribution in [1.82, 2.24) is 20.2 Å². The van der Waals surface area contributed by atoms with Gasteiger partial charge in [-0.1, -0.05) is 12.1 Å². The fourth-order valence-electron chi connectivity index (χ4n) is 3.02. The van der Waals surface area contributed by atoms with Crippen molar-refractivity contribution in [3.05, 3.63) is 47.3 Å². The first kappa shape index (κ1) is 13.8. The van der Waals surface area contributed by atoms with Gasteiger partial charge in [0.05, 0.1) is 6.20 Å². The number of nitrogens with zero attached hydrogens (tertiary/aromatic N) is 3. The van der Waals surface area contributed by atoms with Crippen molar-refractivity contribution in [1.29, 1.82) is 0 Å². The minimum Gasteiger partial charge on any atom is -0.382 e. The molecule has 23 heavy (non-hydrogen) atoms. The highest BCUT2D eigenvalue weighted by atomic mass is 15.2. The number of aromatic amines is 1. The van der Waals surface area contributed by atoms with Crippen molar-refractivity contribution in [2.75, 3.05) is 11.1 Å². The van der Waals surface area contributed by atoms with Crippen LogP contribution in [0.3, 0.4) is 0 Å². The van der Waals surface area contributed by atoms with Gasteiger partial charge >= 0.3 is 0 Å². The summed E-state index contributed by atoms with van der Waals surface area (Å²) in [5.74, 6) is 1.69. The minimum absolute atomic E-state index is 0.417. The molecule has 0 spiro atoms. The normalized spacial score (nSPS) is 13.1. The lowest BCUT2D eigenvalue weighted by Gasteiger charge is -2.09. The van der Waals surface area contributed by atoms with Crippen LogP contribution in [0.5, 0.6) is 0 Å². The zero-order chi connectivity index (χ0) is 15.8. The van der Waals surface area contributed by atoms with Crippen LogP contribution in [0.25, 0.3) is 11.3 Å². The molecule has 0 bridgehead atoms. The lowest BCUT2D eigenvalue weighted by molar-refractivity contribution is 0.912. The molecule has 4 N–H and O–H groups in total. The molecule has 0 saturated carbocycles. The van der Waals surface area contributed by atoms with Gasteiger partial charge in [-0.2, -0.15) is 5.10 Å². The molecule has 0 unspecified atom stereocenters. The molecule has 0 atom stereocenters. The van der Waals surface area contributed by atoms with Crippen molar-refractivity contribution in [2.24, 2.45) is 0 Å². The van der Waals surface area contributed by atoms with Gasteiger partial charge in [0.25, 0.3) is 0 Å². The van der Waals surface area contributed by atoms with Crippen LogP contribution in [0.2, 0.25) is 0 Å². The van der Waals surface area contributed by atoms with Gasteiger partial charge < -0.3 is 11.1 Å². The summed E-state index contributed by atoms with van der Waals surface area (Å²) in [7, 11) is 0. The van der Waals surface area contributed by atoms with Gasteiger partial charge in [0.15, 0.2) is 17.5 Å². The maximum atomic E-state index is 6.12. The SMILES string of the molecule is Cc1cc(Nc2cnc(-c3ccc4c(c3)CCC4)c(N)n2)n[nH]1. The van der Waals surface area contributed by atoms with E-state index < -0.39 is 0 Å². The molecule has 1 aliphatic carbocycles. The number of aromatic nitrogens is 4. The Kier molecular flexibility index (Phi) is 3.22. The Hall–Kier alpha value is -2.89. The van der Waals surface area contributed by atoms with Crippen molar-refractivity contribution in [3.63, 3.8) is 0 Å². The van der Waals surface area contributed by atoms with Crippen molar-refractivity contribution < 1.29 is 0 Å². The lowest BCUT2D eigenvalue weighted by atomic mass is 10.0. The van der Waals surface area contributed by atoms with Crippen molar-refractivity contribution in [2.45, 2.75) is 26.2 Å². The Morgan fingerprint density at radius 3 is 2.78 bits per heavy atom. The summed E-state index contributed by atoms with van der Waals surface area (Å²) in [5, 5.41) is 10.1. The number of rotatable bonds is 3. The quantitative estimate of drug-likeness (QED) is 0.692. The van der Waals surface area contributed by atoms with Crippen molar-refractivity contribution >= 4 is 17.5 Å². The molecule has 6 nitrogen and oxygen atoms in total. The molecule has 3 aromatic rings. The highest BCUT2D eigenvalue weighted by Gasteiger charge is 2.14. The van der Waals surface area contributed by atoms with Crippen LogP contribution in [-0.4, -0.2) is 20.2 Å². The number of nitrogens with one attached hydrogen (secondary N) is 2. The van der Waals surface area contributed by atoms with Gasteiger partial charge in [-0.15, -0.1) is 0 Å². The Bertz CT molecular complexity index is 867. The van der Waals surface area contributed by atoms with E-state index >= 15 is 0 Å². The van der Waals surface area contributed by atoms with Crippen LogP contribution in [0.15, 0.2) is 30.5 Å². The number of H-pyrrole nitrogens is 1. The summed E-state index contributed by atoms with van der Waals surface area (Å²) >= 11 is 0. The molecule has 0 saturated heterocycles. The van der Waals surface area contributed by atoms with E-state index in [1.54, 1.807) is 6.20 Å². The summed E-state index contributed by atoms with van der Waals surface area (Å²) in [5.41, 5.74) is 11.7. The molecule has 116 valence electrons. The monoisotopic (exact) mass is 306 g/mol. The topological polar surface area (TPSA) is 92.5 Å². The molecule has 0 fully saturated rings. The summed E-state index contributed by atoms with van der Waals surface area (Å²) in [4.78, 5) is 8.89. The average molecular weight is 306 g/mol. The first-order chi connectivity index (χ1) is 11.2. The van der Waals surface area contributed by atoms with E-state index in [-0.39, 0.29) is 0 Å². The van der Waals surface area contributed by atoms with Gasteiger partial charge in [-0.3, -0.25) is 5.10 Å². The van der Waals surface area contributed by atoms with E-state index in [0.717, 1.165) is 23.4 Å². The van der Waals surface area contributed by atoms with E-state index in [4.69, 9.17) is 5.73 Å². The van der Waals surface area contributed by atoms with Crippen LogP contribution in [0, 0.1) is 6.92 Å². The third-order valence-electron chi connectivity index (χ3n) is 4.13. The van der Waals surface area contributed by atoms with Crippen molar-refractivity contribution in [3.8, 4) is 11.3 Å². The zero-order valence-corrected chi connectivity index (χ0v) is 12.9. The van der Waals surface area contributed by atoms with E-state index in [0.29, 0.717) is 17.5 Å². The van der Waals surface area contributed by atoms with Gasteiger partial charge in [-0.25, -0.2) is 9.97 Å². The Balaban J connectivity index is 1.63. The summed E-state index contributed by atoms with van der Waals surface area (Å²) in [6.45, 7) is 1.94. The summed E-state index contributed by atoms with van der Waals surface area (Å²) in [6.07, 6.45) is 5.21. The van der Waals surface area contributed by atoms with Gasteiger partial charge in [0.1, 0.15) is 5.69 Å². The number of aryl methyl sites for hydroxylation is 3. The second-order valence-electron chi connectivity index (χ2n) is 5.89. The largest absolute Gasteiger partial charge is 0.382 e. The number of nitrogens with two attached hydrogens (primary N) is 1. The van der Waals surface area contributed by atoms with Crippen LogP contribution in [0.4, 0.5) is 17.5 Å². The molecule has 0 amide bonds. The number of benzene rings is 1. The molecule has 4 rings (SSSR count). The summed E-state index contributed by atoms with van der Waals surface area (Å²) < 4.78 is 0. The second kappa shape index (κ2) is 5.39. The van der Waals surface area contributed by atoms with E-state index in [9.17, 15) is 0 Å². The molecular formula is C17H18N6. The lowest BCUT2D eigenvalue weighted by Crippen LogP contribution is -2.02. The van der Waals surface area contributed by atoms with Crippen LogP contribution in [-0.2, 0) is 12.8 Å². The predicted octanol–water partition coefficient (Wildman–Crippen LogP) is 2.99. The second-order valence-corrected chi connectivity index (χ2v) is 5.89. The third kappa shape index (κ3) is 2.63. The van der Waals surface area contributed by atoms with Crippen LogP contribution >= 0.6 is 0 Å². The maximum Gasteiger partial charge on any atom is 0.153 e. The Morgan fingerprint density at radius 1 is 1.13 bits per heavy atom. The fraction of sp³-hybridized carbons (Fsp3) is 0.235. The van der Waals surface area contributed by atoms with E-state index in [1.165, 1.54) is 24.0 Å². The van der Waals surface area contributed by atoms with E-state index in [2.05, 4.69) is 43.7 Å². The molecule has 1 aliphatic rings. The molecule has 1 aromatic carbocycles. The van der Waals surface area contributed by atoms with Crippen LogP contribution in [0.1, 0.15) is 23.2 Å². The summed E-state index contributed by atoms with van der Waals surface area (Å²) in [6, 6.07) is 8.34. The molecule has 0 aliphatic heterocycles.